The lowest BCUT2D eigenvalue weighted by atomic mass is 10.1. The van der Waals surface area contributed by atoms with Gasteiger partial charge in [-0.1, -0.05) is 0 Å². The molecular formula is C10H20N4S. The van der Waals surface area contributed by atoms with Crippen molar-refractivity contribution in [3.05, 3.63) is 0 Å². The number of hydrogen-bond acceptors (Lipinski definition) is 3. The van der Waals surface area contributed by atoms with Crippen LogP contribution in [0.15, 0.2) is 0 Å². The number of rotatable bonds is 1. The van der Waals surface area contributed by atoms with Gasteiger partial charge in [0.1, 0.15) is 0 Å². The summed E-state index contributed by atoms with van der Waals surface area (Å²) in [5.41, 5.74) is 5.48. The summed E-state index contributed by atoms with van der Waals surface area (Å²) in [6.45, 7) is 4.02. The van der Waals surface area contributed by atoms with Crippen molar-refractivity contribution in [3.63, 3.8) is 0 Å². The lowest BCUT2D eigenvalue weighted by Crippen LogP contribution is -2.54. The summed E-state index contributed by atoms with van der Waals surface area (Å²) < 4.78 is 0. The predicted molar refractivity (Wildman–Crippen MR) is 65.4 cm³/mol. The zero-order valence-corrected chi connectivity index (χ0v) is 9.93. The highest BCUT2D eigenvalue weighted by Crippen LogP contribution is 2.22. The molecule has 0 amide bonds. The molecule has 0 unspecified atom stereocenters. The Morgan fingerprint density at radius 2 is 1.73 bits per heavy atom. The van der Waals surface area contributed by atoms with Crippen molar-refractivity contribution in [1.82, 2.24) is 9.80 Å². The molecule has 2 saturated heterocycles. The summed E-state index contributed by atoms with van der Waals surface area (Å²) in [5, 5.41) is 7.38. The number of guanidine groups is 1. The maximum absolute atomic E-state index is 7.38. The van der Waals surface area contributed by atoms with Crippen molar-refractivity contribution in [1.29, 1.82) is 5.41 Å². The summed E-state index contributed by atoms with van der Waals surface area (Å²) in [7, 11) is 0. The highest BCUT2D eigenvalue weighted by Gasteiger charge is 2.25. The van der Waals surface area contributed by atoms with Gasteiger partial charge in [-0.2, -0.15) is 11.8 Å². The molecule has 86 valence electrons. The Bertz CT molecular complexity index is 219. The number of nitrogens with zero attached hydrogens (tertiary/aromatic N) is 2. The van der Waals surface area contributed by atoms with Gasteiger partial charge >= 0.3 is 0 Å². The first kappa shape index (κ1) is 11.1. The van der Waals surface area contributed by atoms with E-state index < -0.39 is 0 Å². The first-order valence-electron chi connectivity index (χ1n) is 5.68. The number of nitrogens with two attached hydrogens (primary N) is 1. The molecule has 2 aliphatic rings. The fourth-order valence-corrected chi connectivity index (χ4v) is 3.46. The molecule has 0 radical (unpaired) electrons. The third-order valence-corrected chi connectivity index (χ3v) is 4.41. The van der Waals surface area contributed by atoms with E-state index in [0.29, 0.717) is 0 Å². The van der Waals surface area contributed by atoms with Gasteiger partial charge < -0.3 is 10.6 Å². The smallest absolute Gasteiger partial charge is 0.188 e. The van der Waals surface area contributed by atoms with Crippen molar-refractivity contribution in [2.45, 2.75) is 18.9 Å². The molecule has 0 saturated carbocycles. The molecule has 0 aromatic rings. The standard InChI is InChI=1S/C10H20N4S/c11-10(12)14-5-3-13(4-6-14)9-1-7-15-8-2-9/h9H,1-8H2,(H3,11,12). The lowest BCUT2D eigenvalue weighted by molar-refractivity contribution is 0.124. The van der Waals surface area contributed by atoms with E-state index in [1.54, 1.807) is 0 Å². The van der Waals surface area contributed by atoms with E-state index in [1.807, 2.05) is 4.90 Å². The van der Waals surface area contributed by atoms with Gasteiger partial charge in [-0.3, -0.25) is 10.3 Å². The molecule has 0 atom stereocenters. The fraction of sp³-hybridized carbons (Fsp3) is 0.900. The summed E-state index contributed by atoms with van der Waals surface area (Å²) in [6, 6.07) is 0.792. The van der Waals surface area contributed by atoms with E-state index in [0.717, 1.165) is 32.2 Å². The molecule has 0 bridgehead atoms. The van der Waals surface area contributed by atoms with Crippen LogP contribution in [0.3, 0.4) is 0 Å². The van der Waals surface area contributed by atoms with E-state index in [1.165, 1.54) is 24.3 Å². The Hall–Kier alpha value is -0.420. The van der Waals surface area contributed by atoms with E-state index >= 15 is 0 Å². The highest BCUT2D eigenvalue weighted by molar-refractivity contribution is 7.99. The third-order valence-electron chi connectivity index (χ3n) is 3.36. The Morgan fingerprint density at radius 1 is 1.13 bits per heavy atom. The Kier molecular flexibility index (Phi) is 3.75. The number of thioether (sulfide) groups is 1. The quantitative estimate of drug-likeness (QED) is 0.504. The van der Waals surface area contributed by atoms with Crippen molar-refractivity contribution in [2.24, 2.45) is 5.73 Å². The van der Waals surface area contributed by atoms with Gasteiger partial charge in [0.05, 0.1) is 0 Å². The molecule has 0 spiro atoms. The third kappa shape index (κ3) is 2.78. The van der Waals surface area contributed by atoms with Gasteiger partial charge in [0.15, 0.2) is 5.96 Å². The van der Waals surface area contributed by atoms with Crippen LogP contribution in [0.1, 0.15) is 12.8 Å². The van der Waals surface area contributed by atoms with Crippen LogP contribution in [-0.4, -0.2) is 59.5 Å². The molecule has 0 aromatic heterocycles. The monoisotopic (exact) mass is 228 g/mol. The first-order valence-corrected chi connectivity index (χ1v) is 6.83. The van der Waals surface area contributed by atoms with Crippen LogP contribution in [0.2, 0.25) is 0 Å². The molecule has 2 fully saturated rings. The van der Waals surface area contributed by atoms with Gasteiger partial charge in [0.2, 0.25) is 0 Å². The maximum atomic E-state index is 7.38. The highest BCUT2D eigenvalue weighted by atomic mass is 32.2. The van der Waals surface area contributed by atoms with E-state index in [-0.39, 0.29) is 5.96 Å². The number of piperazine rings is 1. The van der Waals surface area contributed by atoms with Crippen molar-refractivity contribution < 1.29 is 0 Å². The summed E-state index contributed by atoms with van der Waals surface area (Å²) in [4.78, 5) is 4.55. The fourth-order valence-electron chi connectivity index (χ4n) is 2.38. The topological polar surface area (TPSA) is 56.4 Å². The molecule has 2 heterocycles. The number of nitrogens with one attached hydrogen (secondary N) is 1. The molecule has 0 aliphatic carbocycles. The molecule has 5 heteroatoms. The zero-order chi connectivity index (χ0) is 10.7. The Balaban J connectivity index is 1.79. The van der Waals surface area contributed by atoms with Crippen LogP contribution < -0.4 is 5.73 Å². The van der Waals surface area contributed by atoms with Crippen LogP contribution in [0, 0.1) is 5.41 Å². The van der Waals surface area contributed by atoms with E-state index in [9.17, 15) is 0 Å². The minimum atomic E-state index is 0.230. The second-order valence-electron chi connectivity index (χ2n) is 4.25. The van der Waals surface area contributed by atoms with Crippen LogP contribution >= 0.6 is 11.8 Å². The van der Waals surface area contributed by atoms with Gasteiger partial charge in [-0.05, 0) is 24.3 Å². The maximum Gasteiger partial charge on any atom is 0.188 e. The molecule has 2 rings (SSSR count). The van der Waals surface area contributed by atoms with Crippen LogP contribution in [0.25, 0.3) is 0 Å². The molecule has 3 N–H and O–H groups in total. The SMILES string of the molecule is N=C(N)N1CCN(C2CCSCC2)CC1. The van der Waals surface area contributed by atoms with Crippen molar-refractivity contribution >= 4 is 17.7 Å². The van der Waals surface area contributed by atoms with E-state index in [4.69, 9.17) is 11.1 Å². The minimum Gasteiger partial charge on any atom is -0.370 e. The minimum absolute atomic E-state index is 0.230. The van der Waals surface area contributed by atoms with Gasteiger partial charge in [0.25, 0.3) is 0 Å². The lowest BCUT2D eigenvalue weighted by Gasteiger charge is -2.40. The van der Waals surface area contributed by atoms with Crippen LogP contribution in [0.5, 0.6) is 0 Å². The normalized spacial score (nSPS) is 25.5. The van der Waals surface area contributed by atoms with Crippen molar-refractivity contribution in [3.8, 4) is 0 Å². The second kappa shape index (κ2) is 5.07. The van der Waals surface area contributed by atoms with Gasteiger partial charge in [-0.15, -0.1) is 0 Å². The van der Waals surface area contributed by atoms with E-state index in [2.05, 4.69) is 16.7 Å². The second-order valence-corrected chi connectivity index (χ2v) is 5.48. The largest absolute Gasteiger partial charge is 0.370 e. The molecule has 4 nitrogen and oxygen atoms in total. The summed E-state index contributed by atoms with van der Waals surface area (Å²) >= 11 is 2.08. The number of hydrogen-bond donors (Lipinski definition) is 2. The summed E-state index contributed by atoms with van der Waals surface area (Å²) in [5.74, 6) is 2.86. The Morgan fingerprint density at radius 3 is 2.27 bits per heavy atom. The Labute approximate surface area is 95.7 Å². The predicted octanol–water partition coefficient (Wildman–Crippen LogP) is 0.393. The molecule has 2 aliphatic heterocycles. The van der Waals surface area contributed by atoms with Crippen molar-refractivity contribution in [2.75, 3.05) is 37.7 Å². The van der Waals surface area contributed by atoms with Crippen LogP contribution in [0.4, 0.5) is 0 Å². The summed E-state index contributed by atoms with van der Waals surface area (Å²) in [6.07, 6.45) is 2.68. The average Bonchev–Trinajstić information content (AvgIpc) is 2.30. The zero-order valence-electron chi connectivity index (χ0n) is 9.11. The molecular weight excluding hydrogens is 208 g/mol. The average molecular weight is 228 g/mol. The van der Waals surface area contributed by atoms with Crippen LogP contribution in [-0.2, 0) is 0 Å². The van der Waals surface area contributed by atoms with Gasteiger partial charge in [0, 0.05) is 32.2 Å². The van der Waals surface area contributed by atoms with Gasteiger partial charge in [-0.25, -0.2) is 0 Å². The first-order chi connectivity index (χ1) is 7.27. The molecule has 0 aromatic carbocycles. The molecule has 15 heavy (non-hydrogen) atoms.